The van der Waals surface area contributed by atoms with Crippen molar-refractivity contribution in [3.63, 3.8) is 0 Å². The second kappa shape index (κ2) is 6.40. The maximum Gasteiger partial charge on any atom is 0.0625 e. The predicted molar refractivity (Wildman–Crippen MR) is 79.1 cm³/mol. The van der Waals surface area contributed by atoms with Crippen molar-refractivity contribution in [1.29, 1.82) is 0 Å². The maximum absolute atomic E-state index is 4.61. The van der Waals surface area contributed by atoms with E-state index < -0.39 is 0 Å². The normalized spacial score (nSPS) is 12.1. The molecule has 2 heteroatoms. The fraction of sp³-hybridized carbons (Fsp3) is 0.812. The van der Waals surface area contributed by atoms with Gasteiger partial charge in [-0.1, -0.05) is 46.5 Å². The van der Waals surface area contributed by atoms with Crippen LogP contribution in [0.1, 0.15) is 76.2 Å². The summed E-state index contributed by atoms with van der Waals surface area (Å²) in [6.45, 7) is 11.3. The molecule has 0 atom stereocenters. The molecule has 2 nitrogen and oxygen atoms in total. The number of aromatic nitrogens is 2. The van der Waals surface area contributed by atoms with Crippen LogP contribution in [0.4, 0.5) is 0 Å². The van der Waals surface area contributed by atoms with E-state index in [1.54, 1.807) is 0 Å². The van der Waals surface area contributed by atoms with Crippen LogP contribution in [-0.4, -0.2) is 9.78 Å². The Morgan fingerprint density at radius 1 is 1.06 bits per heavy atom. The molecule has 104 valence electrons. The molecule has 0 aliphatic rings. The van der Waals surface area contributed by atoms with Crippen molar-refractivity contribution in [3.8, 4) is 0 Å². The minimum absolute atomic E-state index is 0.298. The minimum atomic E-state index is 0.298. The second-order valence-corrected chi connectivity index (χ2v) is 5.95. The number of rotatable bonds is 7. The van der Waals surface area contributed by atoms with Gasteiger partial charge in [0.2, 0.25) is 0 Å². The van der Waals surface area contributed by atoms with Gasteiger partial charge in [-0.25, -0.2) is 0 Å². The van der Waals surface area contributed by atoms with Gasteiger partial charge in [-0.15, -0.1) is 0 Å². The molecular formula is C16H30N2. The summed E-state index contributed by atoms with van der Waals surface area (Å²) in [5.41, 5.74) is 4.34. The van der Waals surface area contributed by atoms with Crippen molar-refractivity contribution >= 4 is 0 Å². The van der Waals surface area contributed by atoms with Crippen molar-refractivity contribution in [2.75, 3.05) is 0 Å². The third-order valence-corrected chi connectivity index (χ3v) is 4.26. The van der Waals surface area contributed by atoms with E-state index in [2.05, 4.69) is 51.4 Å². The highest BCUT2D eigenvalue weighted by Gasteiger charge is 2.31. The van der Waals surface area contributed by atoms with Crippen LogP contribution >= 0.6 is 0 Å². The summed E-state index contributed by atoms with van der Waals surface area (Å²) >= 11 is 0. The summed E-state index contributed by atoms with van der Waals surface area (Å²) in [6, 6.07) is 0. The Morgan fingerprint density at radius 3 is 1.89 bits per heavy atom. The van der Waals surface area contributed by atoms with Crippen molar-refractivity contribution in [2.45, 2.75) is 78.6 Å². The lowest BCUT2D eigenvalue weighted by atomic mass is 9.76. The predicted octanol–water partition coefficient (Wildman–Crippen LogP) is 4.68. The van der Waals surface area contributed by atoms with Crippen LogP contribution in [0.15, 0.2) is 0 Å². The van der Waals surface area contributed by atoms with Gasteiger partial charge in [-0.05, 0) is 32.3 Å². The van der Waals surface area contributed by atoms with Gasteiger partial charge in [0.05, 0.1) is 5.69 Å². The third-order valence-electron chi connectivity index (χ3n) is 4.26. The molecule has 0 N–H and O–H groups in total. The molecule has 0 spiro atoms. The zero-order chi connectivity index (χ0) is 13.8. The highest BCUT2D eigenvalue weighted by atomic mass is 15.3. The van der Waals surface area contributed by atoms with Crippen LogP contribution in [0.3, 0.4) is 0 Å². The number of hydrogen-bond acceptors (Lipinski definition) is 1. The quantitative estimate of drug-likeness (QED) is 0.687. The van der Waals surface area contributed by atoms with Gasteiger partial charge in [0.25, 0.3) is 0 Å². The number of aryl methyl sites for hydroxylation is 2. The lowest BCUT2D eigenvalue weighted by Crippen LogP contribution is -2.26. The van der Waals surface area contributed by atoms with E-state index in [9.17, 15) is 0 Å². The first-order chi connectivity index (χ1) is 8.46. The minimum Gasteiger partial charge on any atom is -0.272 e. The SMILES string of the molecule is CCCCC(C)(CCCC)c1c(C)c(C)nn1C. The Balaban J connectivity index is 3.07. The zero-order valence-corrected chi connectivity index (χ0v) is 13.1. The standard InChI is InChI=1S/C16H30N2/c1-7-9-11-16(5,12-10-8-2)15-13(3)14(4)17-18(15)6/h7-12H2,1-6H3. The highest BCUT2D eigenvalue weighted by molar-refractivity contribution is 5.30. The van der Waals surface area contributed by atoms with E-state index in [0.29, 0.717) is 5.41 Å². The molecule has 0 aliphatic carbocycles. The van der Waals surface area contributed by atoms with Gasteiger partial charge in [0, 0.05) is 18.2 Å². The first-order valence-corrected chi connectivity index (χ1v) is 7.47. The maximum atomic E-state index is 4.61. The fourth-order valence-electron chi connectivity index (χ4n) is 3.10. The van der Waals surface area contributed by atoms with Crippen LogP contribution < -0.4 is 0 Å². The summed E-state index contributed by atoms with van der Waals surface area (Å²) in [5, 5.41) is 4.61. The molecule has 18 heavy (non-hydrogen) atoms. The van der Waals surface area contributed by atoms with Crippen LogP contribution in [0, 0.1) is 13.8 Å². The average Bonchev–Trinajstić information content (AvgIpc) is 2.59. The largest absolute Gasteiger partial charge is 0.272 e. The molecular weight excluding hydrogens is 220 g/mol. The van der Waals surface area contributed by atoms with Crippen LogP contribution in [-0.2, 0) is 12.5 Å². The van der Waals surface area contributed by atoms with E-state index in [1.807, 2.05) is 0 Å². The molecule has 0 aromatic carbocycles. The molecule has 0 fully saturated rings. The molecule has 0 saturated heterocycles. The van der Waals surface area contributed by atoms with Gasteiger partial charge in [-0.2, -0.15) is 5.10 Å². The van der Waals surface area contributed by atoms with E-state index >= 15 is 0 Å². The van der Waals surface area contributed by atoms with Gasteiger partial charge < -0.3 is 0 Å². The van der Waals surface area contributed by atoms with Gasteiger partial charge in [-0.3, -0.25) is 4.68 Å². The summed E-state index contributed by atoms with van der Waals surface area (Å²) in [5.74, 6) is 0. The Labute approximate surface area is 113 Å². The van der Waals surface area contributed by atoms with Crippen molar-refractivity contribution in [3.05, 3.63) is 17.0 Å². The third kappa shape index (κ3) is 3.15. The number of unbranched alkanes of at least 4 members (excludes halogenated alkanes) is 2. The Bertz CT molecular complexity index is 369. The van der Waals surface area contributed by atoms with E-state index in [-0.39, 0.29) is 0 Å². The number of hydrogen-bond donors (Lipinski definition) is 0. The van der Waals surface area contributed by atoms with Crippen LogP contribution in [0.25, 0.3) is 0 Å². The van der Waals surface area contributed by atoms with Gasteiger partial charge in [0.1, 0.15) is 0 Å². The molecule has 0 amide bonds. The summed E-state index contributed by atoms with van der Waals surface area (Å²) in [4.78, 5) is 0. The van der Waals surface area contributed by atoms with E-state index in [1.165, 1.54) is 55.5 Å². The van der Waals surface area contributed by atoms with Crippen LogP contribution in [0.2, 0.25) is 0 Å². The first kappa shape index (κ1) is 15.3. The lowest BCUT2D eigenvalue weighted by Gasteiger charge is -2.31. The summed E-state index contributed by atoms with van der Waals surface area (Å²) in [6.07, 6.45) is 7.73. The van der Waals surface area contributed by atoms with E-state index in [0.717, 1.165) is 0 Å². The van der Waals surface area contributed by atoms with Gasteiger partial charge in [0.15, 0.2) is 0 Å². The molecule has 0 radical (unpaired) electrons. The zero-order valence-electron chi connectivity index (χ0n) is 13.1. The molecule has 1 heterocycles. The Hall–Kier alpha value is -0.790. The lowest BCUT2D eigenvalue weighted by molar-refractivity contribution is 0.349. The number of nitrogens with zero attached hydrogens (tertiary/aromatic N) is 2. The van der Waals surface area contributed by atoms with Crippen molar-refractivity contribution in [2.24, 2.45) is 7.05 Å². The van der Waals surface area contributed by atoms with Crippen LogP contribution in [0.5, 0.6) is 0 Å². The van der Waals surface area contributed by atoms with Crippen molar-refractivity contribution < 1.29 is 0 Å². The van der Waals surface area contributed by atoms with Gasteiger partial charge >= 0.3 is 0 Å². The Morgan fingerprint density at radius 2 is 1.56 bits per heavy atom. The van der Waals surface area contributed by atoms with Crippen molar-refractivity contribution in [1.82, 2.24) is 9.78 Å². The molecule has 0 aliphatic heterocycles. The summed E-state index contributed by atoms with van der Waals surface area (Å²) in [7, 11) is 2.10. The highest BCUT2D eigenvalue weighted by Crippen LogP contribution is 2.37. The first-order valence-electron chi connectivity index (χ1n) is 7.47. The topological polar surface area (TPSA) is 17.8 Å². The Kier molecular flexibility index (Phi) is 5.43. The molecule has 1 rings (SSSR count). The smallest absolute Gasteiger partial charge is 0.0625 e. The monoisotopic (exact) mass is 250 g/mol. The second-order valence-electron chi connectivity index (χ2n) is 5.95. The molecule has 0 saturated carbocycles. The molecule has 1 aromatic rings. The summed E-state index contributed by atoms with van der Waals surface area (Å²) < 4.78 is 2.12. The molecule has 0 bridgehead atoms. The molecule has 0 unspecified atom stereocenters. The average molecular weight is 250 g/mol. The van der Waals surface area contributed by atoms with E-state index in [4.69, 9.17) is 0 Å². The molecule has 1 aromatic heterocycles. The fourth-order valence-corrected chi connectivity index (χ4v) is 3.10.